The molecule has 1 N–H and O–H groups in total. The molecule has 2 aromatic carbocycles. The molecule has 0 aromatic heterocycles. The van der Waals surface area contributed by atoms with Crippen molar-refractivity contribution >= 4 is 11.6 Å². The van der Waals surface area contributed by atoms with Gasteiger partial charge in [0.25, 0.3) is 0 Å². The zero-order valence-corrected chi connectivity index (χ0v) is 12.0. The molecule has 0 saturated heterocycles. The summed E-state index contributed by atoms with van der Waals surface area (Å²) in [5.74, 6) is -0.613. The predicted molar refractivity (Wildman–Crippen MR) is 78.0 cm³/mol. The van der Waals surface area contributed by atoms with Gasteiger partial charge in [-0.25, -0.2) is 8.78 Å². The third kappa shape index (κ3) is 4.02. The summed E-state index contributed by atoms with van der Waals surface area (Å²) in [6.07, 6.45) is 0.820. The van der Waals surface area contributed by atoms with Crippen LogP contribution in [-0.4, -0.2) is 6.54 Å². The average molecular weight is 296 g/mol. The van der Waals surface area contributed by atoms with E-state index in [-0.39, 0.29) is 10.8 Å². The quantitative estimate of drug-likeness (QED) is 0.813. The minimum Gasteiger partial charge on any atom is -0.312 e. The van der Waals surface area contributed by atoms with Crippen LogP contribution in [0.3, 0.4) is 0 Å². The van der Waals surface area contributed by atoms with E-state index >= 15 is 0 Å². The summed E-state index contributed by atoms with van der Waals surface area (Å²) < 4.78 is 26.0. The van der Waals surface area contributed by atoms with Crippen molar-refractivity contribution in [2.45, 2.75) is 19.9 Å². The summed E-state index contributed by atoms with van der Waals surface area (Å²) in [6.45, 7) is 3.29. The third-order valence-corrected chi connectivity index (χ3v) is 3.48. The van der Waals surface area contributed by atoms with Crippen molar-refractivity contribution in [1.29, 1.82) is 0 Å². The summed E-state index contributed by atoms with van der Waals surface area (Å²) >= 11 is 5.72. The molecule has 1 nitrogen and oxygen atoms in total. The topological polar surface area (TPSA) is 12.0 Å². The Balaban J connectivity index is 1.82. The lowest BCUT2D eigenvalue weighted by Crippen LogP contribution is -2.17. The molecule has 0 unspecified atom stereocenters. The molecule has 20 heavy (non-hydrogen) atoms. The summed E-state index contributed by atoms with van der Waals surface area (Å²) in [5.41, 5.74) is 3.01. The molecule has 4 heteroatoms. The fourth-order valence-electron chi connectivity index (χ4n) is 2.05. The van der Waals surface area contributed by atoms with E-state index < -0.39 is 5.82 Å². The second kappa shape index (κ2) is 6.82. The molecule has 2 rings (SSSR count). The minimum atomic E-state index is -0.405. The maximum absolute atomic E-state index is 13.0. The summed E-state index contributed by atoms with van der Waals surface area (Å²) in [5, 5.41) is 3.40. The SMILES string of the molecule is Cc1cc(F)ccc1CCNCc1ccc(F)c(Cl)c1. The molecule has 2 aromatic rings. The fourth-order valence-corrected chi connectivity index (χ4v) is 2.25. The number of rotatable bonds is 5. The van der Waals surface area contributed by atoms with Gasteiger partial charge in [0.1, 0.15) is 11.6 Å². The molecule has 0 radical (unpaired) electrons. The minimum absolute atomic E-state index is 0.138. The van der Waals surface area contributed by atoms with Crippen LogP contribution in [0.15, 0.2) is 36.4 Å². The average Bonchev–Trinajstić information content (AvgIpc) is 2.40. The van der Waals surface area contributed by atoms with Gasteiger partial charge in [-0.3, -0.25) is 0 Å². The van der Waals surface area contributed by atoms with E-state index in [0.29, 0.717) is 6.54 Å². The van der Waals surface area contributed by atoms with Crippen LogP contribution in [0.25, 0.3) is 0 Å². The van der Waals surface area contributed by atoms with Crippen molar-refractivity contribution in [3.05, 3.63) is 69.7 Å². The van der Waals surface area contributed by atoms with Crippen LogP contribution in [0.1, 0.15) is 16.7 Å². The molecular weight excluding hydrogens is 280 g/mol. The van der Waals surface area contributed by atoms with Crippen LogP contribution in [0.4, 0.5) is 8.78 Å². The third-order valence-electron chi connectivity index (χ3n) is 3.19. The second-order valence-corrected chi connectivity index (χ2v) is 5.15. The molecule has 0 aliphatic carbocycles. The number of benzene rings is 2. The van der Waals surface area contributed by atoms with Gasteiger partial charge in [0.05, 0.1) is 5.02 Å². The second-order valence-electron chi connectivity index (χ2n) is 4.75. The van der Waals surface area contributed by atoms with Gasteiger partial charge in [-0.2, -0.15) is 0 Å². The van der Waals surface area contributed by atoms with E-state index in [1.54, 1.807) is 18.2 Å². The Morgan fingerprint density at radius 1 is 1.10 bits per heavy atom. The first-order valence-electron chi connectivity index (χ1n) is 6.46. The largest absolute Gasteiger partial charge is 0.312 e. The van der Waals surface area contributed by atoms with Crippen molar-refractivity contribution < 1.29 is 8.78 Å². The van der Waals surface area contributed by atoms with E-state index in [2.05, 4.69) is 5.32 Å². The van der Waals surface area contributed by atoms with Crippen molar-refractivity contribution in [2.24, 2.45) is 0 Å². The molecule has 106 valence electrons. The summed E-state index contributed by atoms with van der Waals surface area (Å²) in [4.78, 5) is 0. The molecule has 0 spiro atoms. The van der Waals surface area contributed by atoms with E-state index in [1.165, 1.54) is 18.2 Å². The number of hydrogen-bond donors (Lipinski definition) is 1. The highest BCUT2D eigenvalue weighted by Crippen LogP contribution is 2.16. The number of nitrogens with one attached hydrogen (secondary N) is 1. The molecule has 0 saturated carbocycles. The Labute approximate surface area is 122 Å². The highest BCUT2D eigenvalue weighted by Gasteiger charge is 2.02. The maximum Gasteiger partial charge on any atom is 0.141 e. The van der Waals surface area contributed by atoms with Gasteiger partial charge in [-0.1, -0.05) is 23.7 Å². The van der Waals surface area contributed by atoms with Gasteiger partial charge in [-0.05, 0) is 60.8 Å². The van der Waals surface area contributed by atoms with Gasteiger partial charge in [-0.15, -0.1) is 0 Å². The highest BCUT2D eigenvalue weighted by atomic mass is 35.5. The van der Waals surface area contributed by atoms with Crippen LogP contribution in [0.2, 0.25) is 5.02 Å². The monoisotopic (exact) mass is 295 g/mol. The summed E-state index contributed by atoms with van der Waals surface area (Å²) in [7, 11) is 0. The first-order valence-corrected chi connectivity index (χ1v) is 6.84. The number of aryl methyl sites for hydroxylation is 1. The Morgan fingerprint density at radius 2 is 1.90 bits per heavy atom. The molecule has 0 aliphatic heterocycles. The van der Waals surface area contributed by atoms with Gasteiger partial charge in [0.15, 0.2) is 0 Å². The van der Waals surface area contributed by atoms with Crippen molar-refractivity contribution in [3.63, 3.8) is 0 Å². The van der Waals surface area contributed by atoms with Crippen LogP contribution in [0, 0.1) is 18.6 Å². The molecule has 0 atom stereocenters. The zero-order chi connectivity index (χ0) is 14.5. The fraction of sp³-hybridized carbons (Fsp3) is 0.250. The van der Waals surface area contributed by atoms with E-state index in [0.717, 1.165) is 29.7 Å². The van der Waals surface area contributed by atoms with Gasteiger partial charge in [0.2, 0.25) is 0 Å². The first kappa shape index (κ1) is 14.9. The van der Waals surface area contributed by atoms with Gasteiger partial charge < -0.3 is 5.32 Å². The lowest BCUT2D eigenvalue weighted by atomic mass is 10.1. The van der Waals surface area contributed by atoms with Gasteiger partial charge >= 0.3 is 0 Å². The van der Waals surface area contributed by atoms with Gasteiger partial charge in [0, 0.05) is 6.54 Å². The molecule has 0 amide bonds. The Kier molecular flexibility index (Phi) is 5.10. The lowest BCUT2D eigenvalue weighted by molar-refractivity contribution is 0.622. The van der Waals surface area contributed by atoms with Crippen molar-refractivity contribution in [1.82, 2.24) is 5.32 Å². The van der Waals surface area contributed by atoms with Crippen LogP contribution >= 0.6 is 11.6 Å². The first-order chi connectivity index (χ1) is 9.56. The van der Waals surface area contributed by atoms with E-state index in [4.69, 9.17) is 11.6 Å². The van der Waals surface area contributed by atoms with Crippen molar-refractivity contribution in [2.75, 3.05) is 6.54 Å². The zero-order valence-electron chi connectivity index (χ0n) is 11.2. The number of halogens is 3. The molecular formula is C16H16ClF2N. The molecule has 0 fully saturated rings. The van der Waals surface area contributed by atoms with Crippen molar-refractivity contribution in [3.8, 4) is 0 Å². The van der Waals surface area contributed by atoms with Crippen LogP contribution in [-0.2, 0) is 13.0 Å². The van der Waals surface area contributed by atoms with Crippen LogP contribution in [0.5, 0.6) is 0 Å². The normalized spacial score (nSPS) is 10.8. The maximum atomic E-state index is 13.0. The smallest absolute Gasteiger partial charge is 0.141 e. The molecule has 0 aliphatic rings. The Hall–Kier alpha value is -1.45. The lowest BCUT2D eigenvalue weighted by Gasteiger charge is -2.08. The highest BCUT2D eigenvalue weighted by molar-refractivity contribution is 6.30. The van der Waals surface area contributed by atoms with Crippen LogP contribution < -0.4 is 5.32 Å². The Morgan fingerprint density at radius 3 is 2.60 bits per heavy atom. The summed E-state index contributed by atoms with van der Waals surface area (Å²) in [6, 6.07) is 9.51. The van der Waals surface area contributed by atoms with E-state index in [9.17, 15) is 8.78 Å². The molecule has 0 bridgehead atoms. The van der Waals surface area contributed by atoms with E-state index in [1.807, 2.05) is 6.92 Å². The number of hydrogen-bond acceptors (Lipinski definition) is 1. The predicted octanol–water partition coefficient (Wildman–Crippen LogP) is 4.26. The Bertz CT molecular complexity index is 599. The standard InChI is InChI=1S/C16H16ClF2N/c1-11-8-14(18)4-3-13(11)6-7-20-10-12-2-5-16(19)15(17)9-12/h2-5,8-9,20H,6-7,10H2,1H3. The molecule has 0 heterocycles.